The summed E-state index contributed by atoms with van der Waals surface area (Å²) in [6.45, 7) is 1.84. The summed E-state index contributed by atoms with van der Waals surface area (Å²) in [6, 6.07) is 5.99. The molecule has 0 aliphatic heterocycles. The Balaban J connectivity index is 0. The molecule has 0 amide bonds. The number of aryl methyl sites for hydroxylation is 1. The first kappa shape index (κ1) is 35.1. The number of carboxylic acids is 2. The van der Waals surface area contributed by atoms with Crippen molar-refractivity contribution in [3.05, 3.63) is 36.2 Å². The van der Waals surface area contributed by atoms with E-state index in [1.165, 1.54) is 76.3 Å². The molecule has 0 saturated heterocycles. The zero-order chi connectivity index (χ0) is 25.0. The van der Waals surface area contributed by atoms with Crippen LogP contribution in [0.25, 0.3) is 0 Å². The van der Waals surface area contributed by atoms with Crippen molar-refractivity contribution in [2.75, 3.05) is 0 Å². The van der Waals surface area contributed by atoms with Gasteiger partial charge < -0.3 is 10.2 Å². The fourth-order valence-electron chi connectivity index (χ4n) is 3.30. The number of rotatable bonds is 18. The van der Waals surface area contributed by atoms with Crippen molar-refractivity contribution in [2.45, 2.75) is 108 Å². The summed E-state index contributed by atoms with van der Waals surface area (Å²) in [7, 11) is -4.02. The number of benzene rings is 1. The number of aliphatic carboxylic acids is 2. The second kappa shape index (κ2) is 22.4. The molecule has 0 spiro atoms. The third kappa shape index (κ3) is 24.1. The van der Waals surface area contributed by atoms with Gasteiger partial charge in [0.15, 0.2) is 5.97 Å². The van der Waals surface area contributed by atoms with Crippen LogP contribution >= 0.6 is 0 Å². The molecule has 0 aromatic heterocycles. The van der Waals surface area contributed by atoms with Crippen LogP contribution in [0.4, 0.5) is 0 Å². The number of unbranched alkanes of at least 4 members (excludes halogenated alkanes) is 13. The van der Waals surface area contributed by atoms with Gasteiger partial charge in [-0.15, -0.1) is 0 Å². The zero-order valence-electron chi connectivity index (χ0n) is 20.9. The van der Waals surface area contributed by atoms with Crippen molar-refractivity contribution in [2.24, 2.45) is 0 Å². The molecule has 0 aliphatic rings. The van der Waals surface area contributed by atoms with E-state index in [2.05, 4.69) is 0 Å². The first-order valence-electron chi connectivity index (χ1n) is 11.9. The molecular weight excluding hydrogens is 467 g/mol. The summed E-state index contributed by atoms with van der Waals surface area (Å²) in [4.78, 5) is 20.5. The molecule has 0 atom stereocenters. The molecule has 1 aromatic carbocycles. The Morgan fingerprint density at radius 2 is 1.12 bits per heavy atom. The molecule has 7 nitrogen and oxygen atoms in total. The van der Waals surface area contributed by atoms with Crippen LogP contribution in [-0.4, -0.2) is 35.1 Å². The van der Waals surface area contributed by atoms with Gasteiger partial charge in [0.2, 0.25) is 0 Å². The van der Waals surface area contributed by atoms with E-state index < -0.39 is 22.1 Å². The monoisotopic (exact) mass is 508 g/mol. The largest absolute Gasteiger partial charge is 1.00 e. The summed E-state index contributed by atoms with van der Waals surface area (Å²) in [5.41, 5.74) is 0.956. The molecule has 0 radical (unpaired) electrons. The fraction of sp³-hybridized carbons (Fsp3) is 0.640. The molecule has 0 heterocycles. The van der Waals surface area contributed by atoms with Gasteiger partial charge in [0.25, 0.3) is 10.1 Å². The Morgan fingerprint density at radius 3 is 1.47 bits per heavy atom. The van der Waals surface area contributed by atoms with Gasteiger partial charge >= 0.3 is 35.5 Å². The van der Waals surface area contributed by atoms with E-state index in [9.17, 15) is 18.0 Å². The maximum absolute atomic E-state index is 10.5. The minimum absolute atomic E-state index is 0. The average Bonchev–Trinajstić information content (AvgIpc) is 2.73. The van der Waals surface area contributed by atoms with Gasteiger partial charge in [-0.1, -0.05) is 94.7 Å². The van der Waals surface area contributed by atoms with Crippen LogP contribution in [0.15, 0.2) is 29.2 Å². The van der Waals surface area contributed by atoms with Gasteiger partial charge in [-0.05, 0) is 25.5 Å². The number of hydrogen-bond donors (Lipinski definition) is 3. The van der Waals surface area contributed by atoms with Crippen molar-refractivity contribution in [3.63, 3.8) is 0 Å². The summed E-state index contributed by atoms with van der Waals surface area (Å²) in [5, 5.41) is 17.0. The molecule has 190 valence electrons. The van der Waals surface area contributed by atoms with Gasteiger partial charge in [-0.25, -0.2) is 0 Å². The van der Waals surface area contributed by atoms with Gasteiger partial charge in [0, 0.05) is 6.42 Å². The van der Waals surface area contributed by atoms with Crippen molar-refractivity contribution in [3.8, 4) is 0 Å². The first-order chi connectivity index (χ1) is 15.6. The molecule has 0 bridgehead atoms. The SMILES string of the molecule is Cc1ccc(S(=O)(=O)O)cc1.O=C(O)[CH-]CCCCCCCCCCCCCCCC(=O)O.[Na+]. The quantitative estimate of drug-likeness (QED) is 0.120. The topological polar surface area (TPSA) is 129 Å². The van der Waals surface area contributed by atoms with Crippen LogP contribution in [0.5, 0.6) is 0 Å². The average molecular weight is 509 g/mol. The molecule has 1 rings (SSSR count). The molecule has 34 heavy (non-hydrogen) atoms. The van der Waals surface area contributed by atoms with Crippen molar-refractivity contribution in [1.82, 2.24) is 0 Å². The summed E-state index contributed by atoms with van der Waals surface area (Å²) >= 11 is 0. The summed E-state index contributed by atoms with van der Waals surface area (Å²) in [6.07, 6.45) is 17.7. The van der Waals surface area contributed by atoms with Crippen LogP contribution in [-0.2, 0) is 19.7 Å². The molecule has 1 aromatic rings. The van der Waals surface area contributed by atoms with E-state index in [1.54, 1.807) is 12.1 Å². The molecule has 0 aliphatic carbocycles. The van der Waals surface area contributed by atoms with Crippen LogP contribution in [0.3, 0.4) is 0 Å². The molecule has 0 saturated carbocycles. The predicted octanol–water partition coefficient (Wildman–Crippen LogP) is 3.46. The van der Waals surface area contributed by atoms with Crippen LogP contribution in [0, 0.1) is 13.3 Å². The molecule has 0 unspecified atom stereocenters. The van der Waals surface area contributed by atoms with E-state index in [0.29, 0.717) is 12.8 Å². The number of hydrogen-bond acceptors (Lipinski definition) is 4. The molecule has 3 N–H and O–H groups in total. The molecule has 9 heteroatoms. The second-order valence-corrected chi connectivity index (χ2v) is 9.78. The van der Waals surface area contributed by atoms with Gasteiger partial charge in [0.1, 0.15) is 0 Å². The van der Waals surface area contributed by atoms with Gasteiger partial charge in [0.05, 0.1) is 4.90 Å². The third-order valence-corrected chi connectivity index (χ3v) is 6.10. The second-order valence-electron chi connectivity index (χ2n) is 8.36. The Labute approximate surface area is 227 Å². The minimum Gasteiger partial charge on any atom is -0.503 e. The summed E-state index contributed by atoms with van der Waals surface area (Å²) < 4.78 is 29.6. The van der Waals surface area contributed by atoms with Gasteiger partial charge in [-0.3, -0.25) is 20.6 Å². The van der Waals surface area contributed by atoms with E-state index in [-0.39, 0.29) is 34.5 Å². The smallest absolute Gasteiger partial charge is 0.503 e. The van der Waals surface area contributed by atoms with Crippen molar-refractivity contribution >= 4 is 22.1 Å². The normalized spacial score (nSPS) is 10.5. The fourth-order valence-corrected chi connectivity index (χ4v) is 3.78. The first-order valence-corrected chi connectivity index (χ1v) is 13.4. The Hall–Kier alpha value is -1.06. The Kier molecular flexibility index (Phi) is 23.1. The maximum Gasteiger partial charge on any atom is 1.00 e. The van der Waals surface area contributed by atoms with E-state index in [0.717, 1.165) is 31.2 Å². The van der Waals surface area contributed by atoms with Crippen LogP contribution in [0.2, 0.25) is 0 Å². The Morgan fingerprint density at radius 1 is 0.735 bits per heavy atom. The van der Waals surface area contributed by atoms with Gasteiger partial charge in [-0.2, -0.15) is 14.8 Å². The van der Waals surface area contributed by atoms with E-state index >= 15 is 0 Å². The van der Waals surface area contributed by atoms with E-state index in [1.807, 2.05) is 6.92 Å². The standard InChI is InChI=1S/C18H33O4.C7H8O3S.Na/c19-17(20)15-13-11-9-7-5-3-1-2-4-6-8-10-12-14-16-18(21)22;1-6-2-4-7(5-3-6)11(8,9)10;/h15H,1-14,16H2,(H,19,20)(H,21,22);2-5H,1H3,(H,8,9,10);/q-1;;+1. The maximum atomic E-state index is 10.5. The van der Waals surface area contributed by atoms with E-state index in [4.69, 9.17) is 14.8 Å². The van der Waals surface area contributed by atoms with Crippen LogP contribution < -0.4 is 29.6 Å². The third-order valence-electron chi connectivity index (χ3n) is 5.23. The Bertz CT molecular complexity index is 721. The summed E-state index contributed by atoms with van der Waals surface area (Å²) in [5.74, 6) is -1.48. The number of carboxylic acid groups (broad SMARTS) is 2. The van der Waals surface area contributed by atoms with Crippen molar-refractivity contribution in [1.29, 1.82) is 0 Å². The minimum atomic E-state index is -4.02. The number of carbonyl (C=O) groups is 2. The molecular formula is C25H41NaO7S. The molecule has 0 fully saturated rings. The zero-order valence-corrected chi connectivity index (χ0v) is 23.7. The predicted molar refractivity (Wildman–Crippen MR) is 130 cm³/mol. The van der Waals surface area contributed by atoms with Crippen LogP contribution in [0.1, 0.15) is 102 Å². The van der Waals surface area contributed by atoms with Crippen molar-refractivity contribution < 1.29 is 62.3 Å².